The number of piperazine rings is 1. The van der Waals surface area contributed by atoms with E-state index >= 15 is 0 Å². The molecule has 34 heavy (non-hydrogen) atoms. The lowest BCUT2D eigenvalue weighted by Crippen LogP contribution is -2.47. The van der Waals surface area contributed by atoms with E-state index in [2.05, 4.69) is 77.6 Å². The van der Waals surface area contributed by atoms with Crippen molar-refractivity contribution in [2.45, 2.75) is 52.6 Å². The number of aromatic nitrogens is 3. The Morgan fingerprint density at radius 3 is 2.32 bits per heavy atom. The van der Waals surface area contributed by atoms with Crippen LogP contribution in [0.25, 0.3) is 17.2 Å². The highest BCUT2D eigenvalue weighted by Gasteiger charge is 2.30. The third-order valence-electron chi connectivity index (χ3n) is 6.88. The number of fused-ring (bicyclic) bond motifs is 1. The number of benzene rings is 1. The predicted octanol–water partition coefficient (Wildman–Crippen LogP) is 5.30. The van der Waals surface area contributed by atoms with Gasteiger partial charge in [-0.05, 0) is 49.4 Å². The Labute approximate surface area is 216 Å². The summed E-state index contributed by atoms with van der Waals surface area (Å²) in [5.41, 5.74) is 6.84. The van der Waals surface area contributed by atoms with Gasteiger partial charge < -0.3 is 4.57 Å². The monoisotopic (exact) mass is 501 g/mol. The molecule has 1 saturated heterocycles. The summed E-state index contributed by atoms with van der Waals surface area (Å²) in [6.45, 7) is 13.1. The summed E-state index contributed by atoms with van der Waals surface area (Å²) in [4.78, 5) is 14.9. The summed E-state index contributed by atoms with van der Waals surface area (Å²) in [6.07, 6.45) is 8.32. The first kappa shape index (κ1) is 26.7. The fourth-order valence-electron chi connectivity index (χ4n) is 4.89. The number of aryl methyl sites for hydroxylation is 3. The highest BCUT2D eigenvalue weighted by Crippen LogP contribution is 2.27. The van der Waals surface area contributed by atoms with Gasteiger partial charge in [-0.15, -0.1) is 24.8 Å². The van der Waals surface area contributed by atoms with Crippen LogP contribution < -0.4 is 0 Å². The van der Waals surface area contributed by atoms with Gasteiger partial charge in [-0.2, -0.15) is 0 Å². The third kappa shape index (κ3) is 6.01. The molecule has 184 valence electrons. The van der Waals surface area contributed by atoms with Crippen LogP contribution in [-0.2, 0) is 13.0 Å². The van der Waals surface area contributed by atoms with E-state index in [9.17, 15) is 0 Å². The van der Waals surface area contributed by atoms with E-state index in [-0.39, 0.29) is 24.8 Å². The summed E-state index contributed by atoms with van der Waals surface area (Å²) >= 11 is 0. The van der Waals surface area contributed by atoms with Gasteiger partial charge in [0.2, 0.25) is 0 Å². The number of rotatable bonds is 7. The molecular formula is C27H37Cl2N5. The summed E-state index contributed by atoms with van der Waals surface area (Å²) in [7, 11) is 0. The number of hydrogen-bond donors (Lipinski definition) is 0. The summed E-state index contributed by atoms with van der Waals surface area (Å²) in [5, 5.41) is 0. The second-order valence-electron chi connectivity index (χ2n) is 9.43. The molecule has 0 N–H and O–H groups in total. The average molecular weight is 503 g/mol. The highest BCUT2D eigenvalue weighted by molar-refractivity contribution is 5.85. The number of pyridine rings is 1. The molecule has 0 spiro atoms. The predicted molar refractivity (Wildman–Crippen MR) is 146 cm³/mol. The van der Waals surface area contributed by atoms with Crippen LogP contribution in [0.2, 0.25) is 0 Å². The average Bonchev–Trinajstić information content (AvgIpc) is 3.59. The molecule has 1 aliphatic carbocycles. The van der Waals surface area contributed by atoms with Crippen molar-refractivity contribution in [2.24, 2.45) is 0 Å². The Kier molecular flexibility index (Phi) is 9.16. The van der Waals surface area contributed by atoms with E-state index in [1.54, 1.807) is 0 Å². The second-order valence-corrected chi connectivity index (χ2v) is 9.43. The summed E-state index contributed by atoms with van der Waals surface area (Å²) in [6, 6.07) is 12.0. The Morgan fingerprint density at radius 1 is 0.971 bits per heavy atom. The van der Waals surface area contributed by atoms with E-state index < -0.39 is 0 Å². The Bertz CT molecular complexity index is 1110. The van der Waals surface area contributed by atoms with Crippen LogP contribution >= 0.6 is 24.8 Å². The Balaban J connectivity index is 0.00000162. The molecule has 5 rings (SSSR count). The maximum atomic E-state index is 4.87. The van der Waals surface area contributed by atoms with Gasteiger partial charge in [-0.1, -0.05) is 43.3 Å². The molecule has 2 aliphatic rings. The van der Waals surface area contributed by atoms with Crippen LogP contribution in [0.3, 0.4) is 0 Å². The van der Waals surface area contributed by atoms with E-state index in [1.165, 1.54) is 55.7 Å². The molecule has 5 nitrogen and oxygen atoms in total. The molecule has 3 heterocycles. The normalized spacial score (nSPS) is 17.1. The minimum Gasteiger partial charge on any atom is -0.308 e. The number of halogens is 2. The van der Waals surface area contributed by atoms with Gasteiger partial charge in [0.15, 0.2) is 5.65 Å². The van der Waals surface area contributed by atoms with Gasteiger partial charge in [-0.25, -0.2) is 9.97 Å². The maximum Gasteiger partial charge on any atom is 0.160 e. The van der Waals surface area contributed by atoms with Crippen LogP contribution in [0.5, 0.6) is 0 Å². The minimum absolute atomic E-state index is 0. The van der Waals surface area contributed by atoms with Crippen molar-refractivity contribution in [1.29, 1.82) is 0 Å². The van der Waals surface area contributed by atoms with Gasteiger partial charge >= 0.3 is 0 Å². The van der Waals surface area contributed by atoms with Crippen LogP contribution in [0.1, 0.15) is 48.0 Å². The van der Waals surface area contributed by atoms with Crippen molar-refractivity contribution >= 4 is 42.1 Å². The molecule has 2 aromatic heterocycles. The van der Waals surface area contributed by atoms with Crippen LogP contribution in [0.4, 0.5) is 0 Å². The lowest BCUT2D eigenvalue weighted by molar-refractivity contribution is 0.136. The van der Waals surface area contributed by atoms with Crippen molar-refractivity contribution in [1.82, 2.24) is 24.3 Å². The standard InChI is InChI=1S/C27H35N5.2ClH/c1-4-25-29-26-20(2)18-21(3)28-27(26)32(25)19-23-9-7-22(8-10-23)6-5-13-30-14-16-31(17-15-30)24-11-12-24;;/h5-10,18,24H,4,11-17,19H2,1-3H3;2*1H/b6-5+;;. The van der Waals surface area contributed by atoms with Gasteiger partial charge in [0, 0.05) is 50.9 Å². The van der Waals surface area contributed by atoms with E-state index in [1.807, 2.05) is 0 Å². The fourth-order valence-corrected chi connectivity index (χ4v) is 4.89. The molecule has 7 heteroatoms. The van der Waals surface area contributed by atoms with E-state index in [4.69, 9.17) is 9.97 Å². The van der Waals surface area contributed by atoms with Crippen molar-refractivity contribution in [3.63, 3.8) is 0 Å². The first-order valence-corrected chi connectivity index (χ1v) is 12.2. The minimum atomic E-state index is 0. The first-order valence-electron chi connectivity index (χ1n) is 12.2. The second kappa shape index (κ2) is 11.7. The summed E-state index contributed by atoms with van der Waals surface area (Å²) < 4.78 is 2.28. The lowest BCUT2D eigenvalue weighted by atomic mass is 10.1. The molecule has 1 aliphatic heterocycles. The maximum absolute atomic E-state index is 4.87. The van der Waals surface area contributed by atoms with E-state index in [0.717, 1.165) is 48.2 Å². The van der Waals surface area contributed by atoms with Gasteiger partial charge in [-0.3, -0.25) is 9.80 Å². The number of imidazole rings is 1. The molecule has 0 amide bonds. The SMILES string of the molecule is CCc1nc2c(C)cc(C)nc2n1Cc1ccc(/C=C/CN2CCN(C3CC3)CC2)cc1.Cl.Cl. The van der Waals surface area contributed by atoms with Gasteiger partial charge in [0.1, 0.15) is 11.3 Å². The summed E-state index contributed by atoms with van der Waals surface area (Å²) in [5.74, 6) is 1.10. The van der Waals surface area contributed by atoms with Crippen molar-refractivity contribution in [3.05, 3.63) is 64.6 Å². The Hall–Kier alpha value is -1.92. The molecule has 1 saturated carbocycles. The fraction of sp³-hybridized carbons (Fsp3) is 0.481. The lowest BCUT2D eigenvalue weighted by Gasteiger charge is -2.34. The number of nitrogens with zero attached hydrogens (tertiary/aromatic N) is 5. The molecular weight excluding hydrogens is 465 g/mol. The van der Waals surface area contributed by atoms with Crippen molar-refractivity contribution in [2.75, 3.05) is 32.7 Å². The smallest absolute Gasteiger partial charge is 0.160 e. The molecule has 3 aromatic rings. The molecule has 0 atom stereocenters. The molecule has 0 unspecified atom stereocenters. The zero-order chi connectivity index (χ0) is 22.1. The first-order chi connectivity index (χ1) is 15.6. The van der Waals surface area contributed by atoms with E-state index in [0.29, 0.717) is 0 Å². The van der Waals surface area contributed by atoms with Crippen LogP contribution in [0.15, 0.2) is 36.4 Å². The van der Waals surface area contributed by atoms with Gasteiger partial charge in [0.25, 0.3) is 0 Å². The highest BCUT2D eigenvalue weighted by atomic mass is 35.5. The zero-order valence-electron chi connectivity index (χ0n) is 20.5. The Morgan fingerprint density at radius 2 is 1.68 bits per heavy atom. The molecule has 1 aromatic carbocycles. The molecule has 2 fully saturated rings. The molecule has 0 radical (unpaired) electrons. The zero-order valence-corrected chi connectivity index (χ0v) is 22.2. The number of hydrogen-bond acceptors (Lipinski definition) is 4. The van der Waals surface area contributed by atoms with Crippen LogP contribution in [-0.4, -0.2) is 63.1 Å². The van der Waals surface area contributed by atoms with Crippen molar-refractivity contribution in [3.8, 4) is 0 Å². The van der Waals surface area contributed by atoms with Gasteiger partial charge in [0.05, 0.1) is 6.54 Å². The third-order valence-corrected chi connectivity index (χ3v) is 6.88. The molecule has 0 bridgehead atoms. The quantitative estimate of drug-likeness (QED) is 0.440. The topological polar surface area (TPSA) is 37.2 Å². The van der Waals surface area contributed by atoms with Crippen molar-refractivity contribution < 1.29 is 0 Å². The van der Waals surface area contributed by atoms with Crippen LogP contribution in [0, 0.1) is 13.8 Å². The largest absolute Gasteiger partial charge is 0.308 e.